The maximum absolute atomic E-state index is 12.4. The van der Waals surface area contributed by atoms with Crippen molar-refractivity contribution in [2.24, 2.45) is 0 Å². The van der Waals surface area contributed by atoms with E-state index in [9.17, 15) is 4.79 Å². The molecule has 1 N–H and O–H groups in total. The van der Waals surface area contributed by atoms with Crippen LogP contribution in [0, 0.1) is 0 Å². The zero-order valence-electron chi connectivity index (χ0n) is 12.4. The molecule has 0 bridgehead atoms. The number of hydrogen-bond donors (Lipinski definition) is 1. The molecule has 1 atom stereocenters. The van der Waals surface area contributed by atoms with Gasteiger partial charge >= 0.3 is 0 Å². The van der Waals surface area contributed by atoms with Crippen LogP contribution in [0.1, 0.15) is 31.7 Å². The molecule has 20 heavy (non-hydrogen) atoms. The lowest BCUT2D eigenvalue weighted by atomic mass is 10.1. The molecular weight excluding hydrogens is 268 g/mol. The predicted molar refractivity (Wildman–Crippen MR) is 85.0 cm³/mol. The van der Waals surface area contributed by atoms with Gasteiger partial charge in [-0.2, -0.15) is 0 Å². The summed E-state index contributed by atoms with van der Waals surface area (Å²) in [6, 6.07) is 8.46. The Morgan fingerprint density at radius 3 is 2.50 bits per heavy atom. The highest BCUT2D eigenvalue weighted by atomic mass is 32.2. The van der Waals surface area contributed by atoms with Crippen molar-refractivity contribution < 1.29 is 4.79 Å². The molecule has 0 spiro atoms. The van der Waals surface area contributed by atoms with Gasteiger partial charge in [-0.05, 0) is 50.9 Å². The van der Waals surface area contributed by atoms with E-state index in [2.05, 4.69) is 29.6 Å². The molecule has 1 aromatic carbocycles. The van der Waals surface area contributed by atoms with Gasteiger partial charge in [-0.25, -0.2) is 0 Å². The summed E-state index contributed by atoms with van der Waals surface area (Å²) in [5, 5.41) is 3.14. The average molecular weight is 292 g/mol. The van der Waals surface area contributed by atoms with E-state index in [1.165, 1.54) is 16.9 Å². The Kier molecular flexibility index (Phi) is 5.92. The SMILES string of the molecule is CNCc1ccc(SC(C)C(=O)N2CCCCC2)cc1. The number of amides is 1. The van der Waals surface area contributed by atoms with Crippen molar-refractivity contribution >= 4 is 17.7 Å². The quantitative estimate of drug-likeness (QED) is 0.847. The predicted octanol–water partition coefficient (Wildman–Crippen LogP) is 2.90. The van der Waals surface area contributed by atoms with E-state index in [4.69, 9.17) is 0 Å². The zero-order valence-corrected chi connectivity index (χ0v) is 13.2. The summed E-state index contributed by atoms with van der Waals surface area (Å²) in [6.07, 6.45) is 3.57. The first-order chi connectivity index (χ1) is 9.70. The van der Waals surface area contributed by atoms with Crippen molar-refractivity contribution in [3.63, 3.8) is 0 Å². The highest BCUT2D eigenvalue weighted by Gasteiger charge is 2.22. The lowest BCUT2D eigenvalue weighted by molar-refractivity contribution is -0.131. The lowest BCUT2D eigenvalue weighted by Crippen LogP contribution is -2.40. The van der Waals surface area contributed by atoms with Gasteiger partial charge in [0.15, 0.2) is 0 Å². The number of nitrogens with one attached hydrogen (secondary N) is 1. The van der Waals surface area contributed by atoms with E-state index >= 15 is 0 Å². The van der Waals surface area contributed by atoms with Crippen LogP contribution in [0.3, 0.4) is 0 Å². The van der Waals surface area contributed by atoms with Crippen LogP contribution in [0.2, 0.25) is 0 Å². The van der Waals surface area contributed by atoms with Crippen LogP contribution in [0.5, 0.6) is 0 Å². The number of thioether (sulfide) groups is 1. The summed E-state index contributed by atoms with van der Waals surface area (Å²) in [6.45, 7) is 4.77. The molecule has 1 aromatic rings. The van der Waals surface area contributed by atoms with Crippen molar-refractivity contribution in [2.75, 3.05) is 20.1 Å². The average Bonchev–Trinajstić information content (AvgIpc) is 2.49. The highest BCUT2D eigenvalue weighted by molar-refractivity contribution is 8.00. The number of nitrogens with zero attached hydrogens (tertiary/aromatic N) is 1. The molecule has 4 heteroatoms. The molecule has 1 heterocycles. The van der Waals surface area contributed by atoms with E-state index in [-0.39, 0.29) is 11.2 Å². The van der Waals surface area contributed by atoms with Crippen LogP contribution in [0.15, 0.2) is 29.2 Å². The second-order valence-electron chi connectivity index (χ2n) is 5.32. The lowest BCUT2D eigenvalue weighted by Gasteiger charge is -2.29. The van der Waals surface area contributed by atoms with Crippen LogP contribution in [0.4, 0.5) is 0 Å². The van der Waals surface area contributed by atoms with Gasteiger partial charge in [0.05, 0.1) is 5.25 Å². The number of carbonyl (C=O) groups is 1. The Morgan fingerprint density at radius 1 is 1.25 bits per heavy atom. The fourth-order valence-electron chi connectivity index (χ4n) is 2.52. The third-order valence-electron chi connectivity index (χ3n) is 3.63. The van der Waals surface area contributed by atoms with Crippen LogP contribution in [-0.4, -0.2) is 36.2 Å². The summed E-state index contributed by atoms with van der Waals surface area (Å²) in [5.74, 6) is 0.286. The fourth-order valence-corrected chi connectivity index (χ4v) is 3.47. The minimum Gasteiger partial charge on any atom is -0.342 e. The second kappa shape index (κ2) is 7.70. The Hall–Kier alpha value is -1.00. The molecule has 2 rings (SSSR count). The standard InChI is InChI=1S/C16H24N2OS/c1-13(16(19)18-10-4-3-5-11-18)20-15-8-6-14(7-9-15)12-17-2/h6-9,13,17H,3-5,10-12H2,1-2H3. The van der Waals surface area contributed by atoms with Gasteiger partial charge in [-0.15, -0.1) is 11.8 Å². The third-order valence-corrected chi connectivity index (χ3v) is 4.73. The molecule has 0 aromatic heterocycles. The van der Waals surface area contributed by atoms with Crippen LogP contribution in [0.25, 0.3) is 0 Å². The first-order valence-electron chi connectivity index (χ1n) is 7.39. The Labute approximate surface area is 126 Å². The van der Waals surface area contributed by atoms with E-state index in [1.54, 1.807) is 11.8 Å². The van der Waals surface area contributed by atoms with Gasteiger partial charge in [0.2, 0.25) is 5.91 Å². The van der Waals surface area contributed by atoms with Gasteiger partial charge in [-0.3, -0.25) is 4.79 Å². The Bertz CT molecular complexity index is 427. The maximum atomic E-state index is 12.4. The van der Waals surface area contributed by atoms with Crippen molar-refractivity contribution in [1.82, 2.24) is 10.2 Å². The molecule has 3 nitrogen and oxygen atoms in total. The van der Waals surface area contributed by atoms with Crippen molar-refractivity contribution in [1.29, 1.82) is 0 Å². The topological polar surface area (TPSA) is 32.3 Å². The number of rotatable bonds is 5. The normalized spacial score (nSPS) is 17.0. The second-order valence-corrected chi connectivity index (χ2v) is 6.73. The first kappa shape index (κ1) is 15.4. The van der Waals surface area contributed by atoms with E-state index in [0.717, 1.165) is 32.5 Å². The van der Waals surface area contributed by atoms with Gasteiger partial charge in [0, 0.05) is 24.5 Å². The van der Waals surface area contributed by atoms with Crippen LogP contribution in [-0.2, 0) is 11.3 Å². The summed E-state index contributed by atoms with van der Waals surface area (Å²) in [5.41, 5.74) is 1.27. The molecule has 0 aliphatic carbocycles. The number of piperidine rings is 1. The first-order valence-corrected chi connectivity index (χ1v) is 8.27. The van der Waals surface area contributed by atoms with E-state index in [1.807, 2.05) is 18.9 Å². The van der Waals surface area contributed by atoms with Gasteiger partial charge < -0.3 is 10.2 Å². The summed E-state index contributed by atoms with van der Waals surface area (Å²) < 4.78 is 0. The number of likely N-dealkylation sites (tertiary alicyclic amines) is 1. The summed E-state index contributed by atoms with van der Waals surface area (Å²) >= 11 is 1.66. The number of benzene rings is 1. The fraction of sp³-hybridized carbons (Fsp3) is 0.562. The maximum Gasteiger partial charge on any atom is 0.235 e. The van der Waals surface area contributed by atoms with E-state index < -0.39 is 0 Å². The summed E-state index contributed by atoms with van der Waals surface area (Å²) in [4.78, 5) is 15.6. The minimum absolute atomic E-state index is 0.00301. The van der Waals surface area contributed by atoms with Crippen LogP contribution < -0.4 is 5.32 Å². The third kappa shape index (κ3) is 4.25. The monoisotopic (exact) mass is 292 g/mol. The van der Waals surface area contributed by atoms with Crippen molar-refractivity contribution in [2.45, 2.75) is 42.9 Å². The Balaban J connectivity index is 1.89. The molecule has 1 aliphatic heterocycles. The van der Waals surface area contributed by atoms with Gasteiger partial charge in [-0.1, -0.05) is 12.1 Å². The number of carbonyl (C=O) groups excluding carboxylic acids is 1. The van der Waals surface area contributed by atoms with Crippen molar-refractivity contribution in [3.05, 3.63) is 29.8 Å². The molecule has 0 saturated carbocycles. The van der Waals surface area contributed by atoms with Gasteiger partial charge in [0.1, 0.15) is 0 Å². The van der Waals surface area contributed by atoms with Gasteiger partial charge in [0.25, 0.3) is 0 Å². The molecule has 1 saturated heterocycles. The van der Waals surface area contributed by atoms with E-state index in [0.29, 0.717) is 0 Å². The molecule has 1 amide bonds. The smallest absolute Gasteiger partial charge is 0.235 e. The molecule has 1 aliphatic rings. The van der Waals surface area contributed by atoms with Crippen LogP contribution >= 0.6 is 11.8 Å². The Morgan fingerprint density at radius 2 is 1.90 bits per heavy atom. The summed E-state index contributed by atoms with van der Waals surface area (Å²) in [7, 11) is 1.95. The molecule has 110 valence electrons. The zero-order chi connectivity index (χ0) is 14.4. The molecule has 1 fully saturated rings. The van der Waals surface area contributed by atoms with Crippen molar-refractivity contribution in [3.8, 4) is 0 Å². The highest BCUT2D eigenvalue weighted by Crippen LogP contribution is 2.25. The minimum atomic E-state index is 0.00301. The number of hydrogen-bond acceptors (Lipinski definition) is 3. The molecular formula is C16H24N2OS. The largest absolute Gasteiger partial charge is 0.342 e. The molecule has 0 radical (unpaired) electrons. The molecule has 1 unspecified atom stereocenters.